The maximum absolute atomic E-state index is 6.11. The lowest BCUT2D eigenvalue weighted by molar-refractivity contribution is 0.0492. The Hall–Kier alpha value is -0.970. The van der Waals surface area contributed by atoms with Crippen LogP contribution in [0, 0.1) is 5.92 Å². The van der Waals surface area contributed by atoms with Crippen LogP contribution in [0.4, 0.5) is 0 Å². The van der Waals surface area contributed by atoms with Gasteiger partial charge in [-0.05, 0) is 31.9 Å². The van der Waals surface area contributed by atoms with Crippen molar-refractivity contribution in [2.45, 2.75) is 19.4 Å². The van der Waals surface area contributed by atoms with E-state index in [4.69, 9.17) is 25.8 Å². The van der Waals surface area contributed by atoms with Crippen molar-refractivity contribution in [3.63, 3.8) is 0 Å². The van der Waals surface area contributed by atoms with Crippen LogP contribution in [0.1, 0.15) is 18.4 Å². The maximum Gasteiger partial charge on any atom is 0.165 e. The number of methoxy groups -OCH3 is 1. The van der Waals surface area contributed by atoms with Gasteiger partial charge in [0.05, 0.1) is 13.7 Å². The van der Waals surface area contributed by atoms with Crippen molar-refractivity contribution in [2.75, 3.05) is 34.0 Å². The van der Waals surface area contributed by atoms with E-state index in [9.17, 15) is 0 Å². The summed E-state index contributed by atoms with van der Waals surface area (Å²) in [5.74, 6) is 2.03. The average molecular weight is 300 g/mol. The lowest BCUT2D eigenvalue weighted by Crippen LogP contribution is -2.22. The molecule has 20 heavy (non-hydrogen) atoms. The summed E-state index contributed by atoms with van der Waals surface area (Å²) >= 11 is 6.11. The third kappa shape index (κ3) is 4.01. The fourth-order valence-electron chi connectivity index (χ4n) is 2.37. The van der Waals surface area contributed by atoms with Crippen LogP contribution in [-0.4, -0.2) is 34.0 Å². The van der Waals surface area contributed by atoms with Crippen LogP contribution in [0.2, 0.25) is 5.02 Å². The van der Waals surface area contributed by atoms with Crippen LogP contribution in [0.15, 0.2) is 12.1 Å². The quantitative estimate of drug-likeness (QED) is 0.877. The Morgan fingerprint density at radius 2 is 2.10 bits per heavy atom. The number of nitrogens with one attached hydrogen (secondary N) is 1. The van der Waals surface area contributed by atoms with Crippen LogP contribution in [-0.2, 0) is 11.3 Å². The normalized spacial score (nSPS) is 16.1. The van der Waals surface area contributed by atoms with Gasteiger partial charge in [0.15, 0.2) is 11.5 Å². The summed E-state index contributed by atoms with van der Waals surface area (Å²) in [4.78, 5) is 0. The first-order chi connectivity index (χ1) is 9.74. The molecular formula is C15H22ClNO3. The van der Waals surface area contributed by atoms with E-state index in [2.05, 4.69) is 5.32 Å². The van der Waals surface area contributed by atoms with Crippen molar-refractivity contribution >= 4 is 11.6 Å². The van der Waals surface area contributed by atoms with Crippen molar-refractivity contribution in [1.82, 2.24) is 5.32 Å². The molecule has 0 bridgehead atoms. The highest BCUT2D eigenvalue weighted by molar-refractivity contribution is 6.30. The summed E-state index contributed by atoms with van der Waals surface area (Å²) in [5, 5.41) is 3.78. The minimum absolute atomic E-state index is 0.548. The third-order valence-corrected chi connectivity index (χ3v) is 3.71. The molecule has 0 unspecified atom stereocenters. The van der Waals surface area contributed by atoms with Gasteiger partial charge in [-0.25, -0.2) is 0 Å². The highest BCUT2D eigenvalue weighted by Crippen LogP contribution is 2.35. The predicted octanol–water partition coefficient (Wildman–Crippen LogP) is 2.87. The standard InChI is InChI=1S/C15H22ClNO3/c1-17-9-12-7-13(16)8-14(18-2)15(12)20-10-11-3-5-19-6-4-11/h7-8,11,17H,3-6,9-10H2,1-2H3. The topological polar surface area (TPSA) is 39.7 Å². The Labute approximate surface area is 125 Å². The van der Waals surface area contributed by atoms with Gasteiger partial charge in [-0.15, -0.1) is 0 Å². The minimum atomic E-state index is 0.548. The zero-order chi connectivity index (χ0) is 14.4. The van der Waals surface area contributed by atoms with E-state index in [1.807, 2.05) is 13.1 Å². The molecule has 0 atom stereocenters. The molecular weight excluding hydrogens is 278 g/mol. The number of halogens is 1. The number of rotatable bonds is 6. The van der Waals surface area contributed by atoms with Crippen molar-refractivity contribution < 1.29 is 14.2 Å². The summed E-state index contributed by atoms with van der Waals surface area (Å²) < 4.78 is 16.8. The predicted molar refractivity (Wildman–Crippen MR) is 79.8 cm³/mol. The monoisotopic (exact) mass is 299 g/mol. The van der Waals surface area contributed by atoms with Gasteiger partial charge >= 0.3 is 0 Å². The molecule has 1 aromatic carbocycles. The van der Waals surface area contributed by atoms with E-state index >= 15 is 0 Å². The highest BCUT2D eigenvalue weighted by Gasteiger charge is 2.18. The Bertz CT molecular complexity index is 433. The second-order valence-electron chi connectivity index (χ2n) is 4.99. The smallest absolute Gasteiger partial charge is 0.165 e. The second-order valence-corrected chi connectivity index (χ2v) is 5.43. The van der Waals surface area contributed by atoms with Gasteiger partial charge in [-0.3, -0.25) is 0 Å². The molecule has 1 N–H and O–H groups in total. The van der Waals surface area contributed by atoms with E-state index in [1.54, 1.807) is 13.2 Å². The molecule has 0 aromatic heterocycles. The van der Waals surface area contributed by atoms with Crippen LogP contribution >= 0.6 is 11.6 Å². The minimum Gasteiger partial charge on any atom is -0.493 e. The molecule has 5 heteroatoms. The second kappa shape index (κ2) is 7.72. The Morgan fingerprint density at radius 1 is 1.35 bits per heavy atom. The summed E-state index contributed by atoms with van der Waals surface area (Å²) in [6, 6.07) is 3.71. The van der Waals surface area contributed by atoms with Gasteiger partial charge in [0.25, 0.3) is 0 Å². The molecule has 0 radical (unpaired) electrons. The van der Waals surface area contributed by atoms with E-state index < -0.39 is 0 Å². The molecule has 1 aliphatic heterocycles. The van der Waals surface area contributed by atoms with Gasteiger partial charge < -0.3 is 19.5 Å². The zero-order valence-corrected chi connectivity index (χ0v) is 12.8. The Morgan fingerprint density at radius 3 is 2.75 bits per heavy atom. The van der Waals surface area contributed by atoms with Crippen LogP contribution in [0.3, 0.4) is 0 Å². The molecule has 112 valence electrons. The van der Waals surface area contributed by atoms with Gasteiger partial charge in [0.2, 0.25) is 0 Å². The molecule has 0 aliphatic carbocycles. The molecule has 0 saturated carbocycles. The SMILES string of the molecule is CNCc1cc(Cl)cc(OC)c1OCC1CCOCC1. The summed E-state index contributed by atoms with van der Waals surface area (Å²) in [5.41, 5.74) is 1.02. The molecule has 4 nitrogen and oxygen atoms in total. The van der Waals surface area contributed by atoms with Gasteiger partial charge in [-0.1, -0.05) is 11.6 Å². The number of hydrogen-bond donors (Lipinski definition) is 1. The largest absolute Gasteiger partial charge is 0.493 e. The van der Waals surface area contributed by atoms with E-state index in [0.717, 1.165) is 37.4 Å². The van der Waals surface area contributed by atoms with Gasteiger partial charge in [0.1, 0.15) is 0 Å². The third-order valence-electron chi connectivity index (χ3n) is 3.49. The van der Waals surface area contributed by atoms with Gasteiger partial charge in [-0.2, -0.15) is 0 Å². The van der Waals surface area contributed by atoms with Gasteiger partial charge in [0, 0.05) is 36.4 Å². The molecule has 1 aromatic rings. The first-order valence-corrected chi connectivity index (χ1v) is 7.34. The first-order valence-electron chi connectivity index (χ1n) is 6.96. The number of benzene rings is 1. The number of hydrogen-bond acceptors (Lipinski definition) is 4. The van der Waals surface area contributed by atoms with Crippen LogP contribution < -0.4 is 14.8 Å². The molecule has 1 saturated heterocycles. The fraction of sp³-hybridized carbons (Fsp3) is 0.600. The van der Waals surface area contributed by atoms with Crippen LogP contribution in [0.5, 0.6) is 11.5 Å². The Kier molecular flexibility index (Phi) is 5.95. The molecule has 0 amide bonds. The van der Waals surface area contributed by atoms with Crippen molar-refractivity contribution in [1.29, 1.82) is 0 Å². The zero-order valence-electron chi connectivity index (χ0n) is 12.1. The Balaban J connectivity index is 2.10. The van der Waals surface area contributed by atoms with Crippen molar-refractivity contribution in [3.05, 3.63) is 22.7 Å². The molecule has 2 rings (SSSR count). The molecule has 1 aliphatic rings. The fourth-order valence-corrected chi connectivity index (χ4v) is 2.60. The summed E-state index contributed by atoms with van der Waals surface area (Å²) in [7, 11) is 3.53. The highest BCUT2D eigenvalue weighted by atomic mass is 35.5. The summed E-state index contributed by atoms with van der Waals surface area (Å²) in [6.45, 7) is 3.04. The molecule has 1 fully saturated rings. The maximum atomic E-state index is 6.11. The van der Waals surface area contributed by atoms with Crippen molar-refractivity contribution in [2.24, 2.45) is 5.92 Å². The van der Waals surface area contributed by atoms with Crippen molar-refractivity contribution in [3.8, 4) is 11.5 Å². The average Bonchev–Trinajstić information content (AvgIpc) is 2.47. The van der Waals surface area contributed by atoms with E-state index in [0.29, 0.717) is 29.8 Å². The van der Waals surface area contributed by atoms with Crippen LogP contribution in [0.25, 0.3) is 0 Å². The van der Waals surface area contributed by atoms with E-state index in [-0.39, 0.29) is 0 Å². The first kappa shape index (κ1) is 15.4. The molecule has 1 heterocycles. The lowest BCUT2D eigenvalue weighted by Gasteiger charge is -2.23. The summed E-state index contributed by atoms with van der Waals surface area (Å²) in [6.07, 6.45) is 2.11. The molecule has 0 spiro atoms. The lowest BCUT2D eigenvalue weighted by atomic mass is 10.0. The number of ether oxygens (including phenoxy) is 3. The van der Waals surface area contributed by atoms with E-state index in [1.165, 1.54) is 0 Å².